The molecule has 0 spiro atoms. The van der Waals surface area contributed by atoms with Gasteiger partial charge in [-0.3, -0.25) is 4.79 Å². The largest absolute Gasteiger partial charge is 0.416 e. The van der Waals surface area contributed by atoms with Crippen LogP contribution in [0.25, 0.3) is 11.0 Å². The van der Waals surface area contributed by atoms with Gasteiger partial charge >= 0.3 is 6.18 Å². The molecule has 2 aromatic heterocycles. The molecule has 33 heavy (non-hydrogen) atoms. The minimum absolute atomic E-state index is 0.0740. The molecular weight excluding hydrogens is 434 g/mol. The molecule has 0 saturated heterocycles. The predicted molar refractivity (Wildman–Crippen MR) is 117 cm³/mol. The Kier molecular flexibility index (Phi) is 5.03. The summed E-state index contributed by atoms with van der Waals surface area (Å²) in [5.74, 6) is -0.205. The third-order valence-electron chi connectivity index (χ3n) is 7.36. The van der Waals surface area contributed by atoms with Gasteiger partial charge in [0.15, 0.2) is 0 Å². The van der Waals surface area contributed by atoms with Crippen LogP contribution in [0.3, 0.4) is 0 Å². The van der Waals surface area contributed by atoms with Crippen LogP contribution >= 0.6 is 0 Å². The lowest BCUT2D eigenvalue weighted by molar-refractivity contribution is -0.149. The SMILES string of the molecule is CCC12CC(NC(=O)c3cn(CCF)c4nccc(Cc5ccc(C(F)(F)F)cc5)c34)(C1)C2. The number of hydrogen-bond acceptors (Lipinski definition) is 2. The van der Waals surface area contributed by atoms with Crippen LogP contribution in [0.5, 0.6) is 0 Å². The second-order valence-corrected chi connectivity index (χ2v) is 9.58. The van der Waals surface area contributed by atoms with E-state index in [1.807, 2.05) is 0 Å². The van der Waals surface area contributed by atoms with Gasteiger partial charge in [0.2, 0.25) is 0 Å². The minimum Gasteiger partial charge on any atom is -0.346 e. The number of amides is 1. The van der Waals surface area contributed by atoms with E-state index in [9.17, 15) is 22.4 Å². The lowest BCUT2D eigenvalue weighted by Gasteiger charge is -2.70. The fourth-order valence-electron chi connectivity index (χ4n) is 5.71. The topological polar surface area (TPSA) is 46.9 Å². The van der Waals surface area contributed by atoms with E-state index in [1.165, 1.54) is 12.1 Å². The van der Waals surface area contributed by atoms with E-state index in [0.717, 1.165) is 43.4 Å². The number of carbonyl (C=O) groups excluding carboxylic acids is 1. The van der Waals surface area contributed by atoms with E-state index >= 15 is 0 Å². The predicted octanol–water partition coefficient (Wildman–Crippen LogP) is 5.68. The van der Waals surface area contributed by atoms with Gasteiger partial charge in [0.05, 0.1) is 17.7 Å². The molecule has 1 amide bonds. The zero-order chi connectivity index (χ0) is 23.4. The zero-order valence-corrected chi connectivity index (χ0v) is 18.3. The number of rotatable bonds is 7. The van der Waals surface area contributed by atoms with Crippen molar-refractivity contribution in [2.45, 2.75) is 57.3 Å². The van der Waals surface area contributed by atoms with Crippen LogP contribution < -0.4 is 5.32 Å². The molecule has 3 saturated carbocycles. The fourth-order valence-corrected chi connectivity index (χ4v) is 5.71. The maximum Gasteiger partial charge on any atom is 0.416 e. The van der Waals surface area contributed by atoms with Crippen LogP contribution in [-0.4, -0.2) is 27.7 Å². The highest BCUT2D eigenvalue weighted by molar-refractivity contribution is 6.07. The number of hydrogen-bond donors (Lipinski definition) is 1. The van der Waals surface area contributed by atoms with Gasteiger partial charge in [-0.25, -0.2) is 9.37 Å². The molecule has 0 aliphatic heterocycles. The van der Waals surface area contributed by atoms with Gasteiger partial charge in [-0.05, 0) is 60.4 Å². The Balaban J connectivity index is 1.47. The minimum atomic E-state index is -4.39. The van der Waals surface area contributed by atoms with Crippen molar-refractivity contribution in [3.63, 3.8) is 0 Å². The molecule has 0 unspecified atom stereocenters. The van der Waals surface area contributed by atoms with Crippen molar-refractivity contribution in [3.05, 3.63) is 65.0 Å². The number of alkyl halides is 4. The average molecular weight is 459 g/mol. The van der Waals surface area contributed by atoms with Gasteiger partial charge in [0, 0.05) is 23.3 Å². The normalized spacial score (nSPS) is 23.8. The Morgan fingerprint density at radius 3 is 2.45 bits per heavy atom. The monoisotopic (exact) mass is 459 g/mol. The quantitative estimate of drug-likeness (QED) is 0.462. The highest BCUT2D eigenvalue weighted by Crippen LogP contribution is 2.68. The number of nitrogens with zero attached hydrogens (tertiary/aromatic N) is 2. The Hall–Kier alpha value is -2.90. The molecule has 0 atom stereocenters. The first-order valence-electron chi connectivity index (χ1n) is 11.2. The molecule has 1 aromatic carbocycles. The Bertz CT molecular complexity index is 1190. The Morgan fingerprint density at radius 2 is 1.85 bits per heavy atom. The third-order valence-corrected chi connectivity index (χ3v) is 7.36. The molecule has 2 bridgehead atoms. The van der Waals surface area contributed by atoms with Crippen LogP contribution in [0.2, 0.25) is 0 Å². The first-order chi connectivity index (χ1) is 15.7. The number of aryl methyl sites for hydroxylation is 1. The number of benzene rings is 1. The third kappa shape index (κ3) is 3.69. The Labute approximate surface area is 189 Å². The summed E-state index contributed by atoms with van der Waals surface area (Å²) >= 11 is 0. The number of nitrogens with one attached hydrogen (secondary N) is 1. The van der Waals surface area contributed by atoms with Crippen molar-refractivity contribution in [2.75, 3.05) is 6.67 Å². The highest BCUT2D eigenvalue weighted by atomic mass is 19.4. The van der Waals surface area contributed by atoms with Crippen molar-refractivity contribution >= 4 is 16.9 Å². The maximum absolute atomic E-state index is 13.3. The summed E-state index contributed by atoms with van der Waals surface area (Å²) in [6.07, 6.45) is 3.25. The number of fused-ring (bicyclic) bond motifs is 1. The van der Waals surface area contributed by atoms with E-state index in [-0.39, 0.29) is 18.0 Å². The van der Waals surface area contributed by atoms with Gasteiger partial charge in [0.25, 0.3) is 5.91 Å². The van der Waals surface area contributed by atoms with Gasteiger partial charge < -0.3 is 9.88 Å². The van der Waals surface area contributed by atoms with Crippen molar-refractivity contribution in [1.29, 1.82) is 0 Å². The summed E-state index contributed by atoms with van der Waals surface area (Å²) in [5.41, 5.74) is 1.93. The van der Waals surface area contributed by atoms with E-state index in [2.05, 4.69) is 17.2 Å². The number of aromatic nitrogens is 2. The van der Waals surface area contributed by atoms with E-state index in [0.29, 0.717) is 34.0 Å². The van der Waals surface area contributed by atoms with Gasteiger partial charge in [-0.1, -0.05) is 25.5 Å². The lowest BCUT2D eigenvalue weighted by Crippen LogP contribution is -2.74. The molecule has 0 radical (unpaired) electrons. The molecule has 1 N–H and O–H groups in total. The summed E-state index contributed by atoms with van der Waals surface area (Å²) in [6.45, 7) is 1.65. The van der Waals surface area contributed by atoms with Crippen molar-refractivity contribution in [2.24, 2.45) is 5.41 Å². The molecule has 174 valence electrons. The number of carbonyl (C=O) groups is 1. The summed E-state index contributed by atoms with van der Waals surface area (Å²) in [5, 5.41) is 3.82. The van der Waals surface area contributed by atoms with Crippen molar-refractivity contribution in [1.82, 2.24) is 14.9 Å². The first-order valence-corrected chi connectivity index (χ1v) is 11.2. The van der Waals surface area contributed by atoms with Crippen LogP contribution in [-0.2, 0) is 19.1 Å². The molecule has 3 aromatic rings. The molecule has 3 aliphatic rings. The van der Waals surface area contributed by atoms with Gasteiger partial charge in [-0.2, -0.15) is 13.2 Å². The zero-order valence-electron chi connectivity index (χ0n) is 18.3. The molecule has 8 heteroatoms. The average Bonchev–Trinajstić information content (AvgIpc) is 3.09. The number of pyridine rings is 1. The van der Waals surface area contributed by atoms with Crippen molar-refractivity contribution in [3.8, 4) is 0 Å². The highest BCUT2D eigenvalue weighted by Gasteiger charge is 2.67. The summed E-state index contributed by atoms with van der Waals surface area (Å²) in [4.78, 5) is 17.7. The second kappa shape index (κ2) is 7.57. The summed E-state index contributed by atoms with van der Waals surface area (Å²) in [7, 11) is 0. The molecule has 4 nitrogen and oxygen atoms in total. The fraction of sp³-hybridized carbons (Fsp3) is 0.440. The van der Waals surface area contributed by atoms with Gasteiger partial charge in [0.1, 0.15) is 12.3 Å². The van der Waals surface area contributed by atoms with Crippen LogP contribution in [0.15, 0.2) is 42.7 Å². The second-order valence-electron chi connectivity index (χ2n) is 9.58. The molecular formula is C25H25F4N3O. The van der Waals surface area contributed by atoms with Crippen LogP contribution in [0.1, 0.15) is 59.7 Å². The summed E-state index contributed by atoms with van der Waals surface area (Å²) < 4.78 is 53.5. The van der Waals surface area contributed by atoms with Crippen LogP contribution in [0.4, 0.5) is 17.6 Å². The number of halogens is 4. The molecule has 3 fully saturated rings. The maximum atomic E-state index is 13.3. The van der Waals surface area contributed by atoms with E-state index in [4.69, 9.17) is 0 Å². The lowest BCUT2D eigenvalue weighted by atomic mass is 9.38. The molecule has 2 heterocycles. The molecule has 6 rings (SSSR count). The smallest absolute Gasteiger partial charge is 0.346 e. The van der Waals surface area contributed by atoms with Crippen molar-refractivity contribution < 1.29 is 22.4 Å². The van der Waals surface area contributed by atoms with Crippen LogP contribution in [0, 0.1) is 5.41 Å². The first kappa shape index (κ1) is 21.9. The standard InChI is InChI=1S/C25H25F4N3O/c1-2-23-13-24(14-23,15-23)31-22(33)19-12-32(10-8-26)21-20(19)17(7-9-30-21)11-16-3-5-18(6-4-16)25(27,28)29/h3-7,9,12H,2,8,10-11,13-15H2,1H3,(H,31,33). The van der Waals surface area contributed by atoms with E-state index < -0.39 is 18.4 Å². The molecule has 3 aliphatic carbocycles. The Morgan fingerprint density at radius 1 is 1.15 bits per heavy atom. The van der Waals surface area contributed by atoms with Gasteiger partial charge in [-0.15, -0.1) is 0 Å². The summed E-state index contributed by atoms with van der Waals surface area (Å²) in [6, 6.07) is 6.77. The van der Waals surface area contributed by atoms with E-state index in [1.54, 1.807) is 23.0 Å².